The van der Waals surface area contributed by atoms with E-state index in [-0.39, 0.29) is 24.1 Å². The molecule has 17 heavy (non-hydrogen) atoms. The van der Waals surface area contributed by atoms with E-state index in [0.717, 1.165) is 13.0 Å². The Morgan fingerprint density at radius 3 is 2.76 bits per heavy atom. The summed E-state index contributed by atoms with van der Waals surface area (Å²) >= 11 is 0. The van der Waals surface area contributed by atoms with Crippen LogP contribution in [0.5, 0.6) is 6.01 Å². The Bertz CT molecular complexity index is 400. The Hall–Kier alpha value is -1.63. The second-order valence-electron chi connectivity index (χ2n) is 4.02. The zero-order chi connectivity index (χ0) is 12.4. The number of methoxy groups -OCH3 is 1. The number of nitrogen functional groups attached to an aromatic ring is 1. The molecule has 0 radical (unpaired) electrons. The molecule has 1 fully saturated rings. The van der Waals surface area contributed by atoms with Crippen molar-refractivity contribution in [2.75, 3.05) is 31.4 Å². The lowest BCUT2D eigenvalue weighted by Gasteiger charge is -2.26. The van der Waals surface area contributed by atoms with Crippen molar-refractivity contribution in [3.63, 3.8) is 0 Å². The van der Waals surface area contributed by atoms with Gasteiger partial charge in [0, 0.05) is 13.7 Å². The number of ether oxygens (including phenoxy) is 2. The molecule has 0 amide bonds. The van der Waals surface area contributed by atoms with Crippen LogP contribution in [-0.2, 0) is 4.74 Å². The van der Waals surface area contributed by atoms with Gasteiger partial charge < -0.3 is 20.1 Å². The van der Waals surface area contributed by atoms with E-state index >= 15 is 0 Å². The first-order valence-electron chi connectivity index (χ1n) is 5.52. The summed E-state index contributed by atoms with van der Waals surface area (Å²) in [5.74, 6) is 0.668. The lowest BCUT2D eigenvalue weighted by Crippen LogP contribution is -2.38. The Labute approximate surface area is 100.0 Å². The second kappa shape index (κ2) is 4.70. The Kier molecular flexibility index (Phi) is 3.28. The molecule has 0 aliphatic carbocycles. The van der Waals surface area contributed by atoms with E-state index in [1.807, 2.05) is 18.9 Å². The number of nitrogens with two attached hydrogens (primary N) is 1. The largest absolute Gasteiger partial charge is 0.467 e. The molecule has 2 heterocycles. The fourth-order valence-electron chi connectivity index (χ4n) is 1.99. The van der Waals surface area contributed by atoms with Crippen molar-refractivity contribution in [1.29, 1.82) is 0 Å². The van der Waals surface area contributed by atoms with Gasteiger partial charge in [-0.3, -0.25) is 0 Å². The summed E-state index contributed by atoms with van der Waals surface area (Å²) in [5, 5.41) is 0. The van der Waals surface area contributed by atoms with Gasteiger partial charge >= 0.3 is 6.01 Å². The number of rotatable bonds is 3. The van der Waals surface area contributed by atoms with E-state index < -0.39 is 0 Å². The molecule has 2 N–H and O–H groups in total. The zero-order valence-electron chi connectivity index (χ0n) is 10.3. The van der Waals surface area contributed by atoms with Gasteiger partial charge in [0.15, 0.2) is 0 Å². The van der Waals surface area contributed by atoms with Gasteiger partial charge in [-0.05, 0) is 13.3 Å². The molecule has 2 atom stereocenters. The van der Waals surface area contributed by atoms with Crippen LogP contribution < -0.4 is 15.4 Å². The van der Waals surface area contributed by atoms with Crippen molar-refractivity contribution in [3.05, 3.63) is 0 Å². The monoisotopic (exact) mass is 239 g/mol. The van der Waals surface area contributed by atoms with E-state index in [1.165, 1.54) is 7.11 Å². The number of aromatic nitrogens is 3. The predicted octanol–water partition coefficient (Wildman–Crippen LogP) is 0.0760. The summed E-state index contributed by atoms with van der Waals surface area (Å²) < 4.78 is 10.5. The maximum atomic E-state index is 5.61. The topological polar surface area (TPSA) is 86.4 Å². The average Bonchev–Trinajstić information content (AvgIpc) is 2.73. The molecule has 0 saturated carbocycles. The van der Waals surface area contributed by atoms with Gasteiger partial charge in [0.2, 0.25) is 11.9 Å². The lowest BCUT2D eigenvalue weighted by atomic mass is 10.1. The highest BCUT2D eigenvalue weighted by Gasteiger charge is 2.29. The fraction of sp³-hybridized carbons (Fsp3) is 0.700. The van der Waals surface area contributed by atoms with Crippen molar-refractivity contribution in [2.24, 2.45) is 0 Å². The summed E-state index contributed by atoms with van der Waals surface area (Å²) in [7, 11) is 3.42. The molecule has 0 bridgehead atoms. The van der Waals surface area contributed by atoms with Crippen molar-refractivity contribution < 1.29 is 9.47 Å². The highest BCUT2D eigenvalue weighted by molar-refractivity contribution is 5.36. The van der Waals surface area contributed by atoms with Gasteiger partial charge in [0.1, 0.15) is 0 Å². The average molecular weight is 239 g/mol. The number of nitrogens with zero attached hydrogens (tertiary/aromatic N) is 4. The highest BCUT2D eigenvalue weighted by atomic mass is 16.5. The summed E-state index contributed by atoms with van der Waals surface area (Å²) in [6.45, 7) is 2.80. The minimum absolute atomic E-state index is 0.156. The molecule has 1 aliphatic rings. The first-order valence-corrected chi connectivity index (χ1v) is 5.52. The normalized spacial score (nSPS) is 23.7. The van der Waals surface area contributed by atoms with Crippen molar-refractivity contribution >= 4 is 11.9 Å². The van der Waals surface area contributed by atoms with E-state index in [4.69, 9.17) is 15.2 Å². The minimum Gasteiger partial charge on any atom is -0.467 e. The van der Waals surface area contributed by atoms with Gasteiger partial charge in [-0.15, -0.1) is 0 Å². The van der Waals surface area contributed by atoms with Crippen LogP contribution in [0.4, 0.5) is 11.9 Å². The van der Waals surface area contributed by atoms with E-state index in [9.17, 15) is 0 Å². The number of hydrogen-bond acceptors (Lipinski definition) is 7. The lowest BCUT2D eigenvalue weighted by molar-refractivity contribution is 0.118. The third-order valence-corrected chi connectivity index (χ3v) is 2.95. The van der Waals surface area contributed by atoms with Crippen molar-refractivity contribution in [1.82, 2.24) is 15.0 Å². The molecule has 0 aromatic carbocycles. The van der Waals surface area contributed by atoms with Gasteiger partial charge in [0.05, 0.1) is 19.3 Å². The van der Waals surface area contributed by atoms with Crippen LogP contribution in [0, 0.1) is 0 Å². The molecule has 94 valence electrons. The first-order chi connectivity index (χ1) is 8.11. The van der Waals surface area contributed by atoms with Crippen LogP contribution in [0.2, 0.25) is 0 Å². The van der Waals surface area contributed by atoms with Crippen LogP contribution >= 0.6 is 0 Å². The van der Waals surface area contributed by atoms with Crippen LogP contribution in [0.15, 0.2) is 0 Å². The molecule has 0 spiro atoms. The van der Waals surface area contributed by atoms with Crippen LogP contribution in [0.1, 0.15) is 13.3 Å². The van der Waals surface area contributed by atoms with Gasteiger partial charge in [-0.2, -0.15) is 15.0 Å². The third-order valence-electron chi connectivity index (χ3n) is 2.95. The first kappa shape index (κ1) is 11.8. The molecule has 1 aliphatic heterocycles. The molecule has 1 aromatic rings. The minimum atomic E-state index is 0.156. The highest BCUT2D eigenvalue weighted by Crippen LogP contribution is 2.22. The molecular weight excluding hydrogens is 222 g/mol. The van der Waals surface area contributed by atoms with E-state index in [0.29, 0.717) is 5.95 Å². The number of anilines is 2. The maximum absolute atomic E-state index is 5.61. The standard InChI is InChI=1S/C10H17N5O2/c1-6-7(4-5-17-6)15(2)9-12-8(11)13-10(14-9)16-3/h6-7H,4-5H2,1-3H3,(H2,11,12,13,14). The molecular formula is C10H17N5O2. The van der Waals surface area contributed by atoms with E-state index in [1.54, 1.807) is 0 Å². The Morgan fingerprint density at radius 1 is 1.41 bits per heavy atom. The van der Waals surface area contributed by atoms with Crippen molar-refractivity contribution in [2.45, 2.75) is 25.5 Å². The zero-order valence-corrected chi connectivity index (χ0v) is 10.3. The Morgan fingerprint density at radius 2 is 2.18 bits per heavy atom. The molecule has 2 rings (SSSR count). The van der Waals surface area contributed by atoms with Gasteiger partial charge in [0.25, 0.3) is 0 Å². The molecule has 1 aromatic heterocycles. The fourth-order valence-corrected chi connectivity index (χ4v) is 1.99. The van der Waals surface area contributed by atoms with Crippen LogP contribution in [0.25, 0.3) is 0 Å². The van der Waals surface area contributed by atoms with Crippen LogP contribution in [-0.4, -0.2) is 47.9 Å². The smallest absolute Gasteiger partial charge is 0.322 e. The van der Waals surface area contributed by atoms with Crippen LogP contribution in [0.3, 0.4) is 0 Å². The second-order valence-corrected chi connectivity index (χ2v) is 4.02. The van der Waals surface area contributed by atoms with Gasteiger partial charge in [-0.25, -0.2) is 0 Å². The Balaban J connectivity index is 2.23. The number of likely N-dealkylation sites (N-methyl/N-ethyl adjacent to an activating group) is 1. The summed E-state index contributed by atoms with van der Waals surface area (Å²) in [6.07, 6.45) is 1.11. The van der Waals surface area contributed by atoms with E-state index in [2.05, 4.69) is 15.0 Å². The quantitative estimate of drug-likeness (QED) is 0.799. The summed E-state index contributed by atoms with van der Waals surface area (Å²) in [6, 6.07) is 0.479. The predicted molar refractivity (Wildman–Crippen MR) is 63.0 cm³/mol. The van der Waals surface area contributed by atoms with Crippen molar-refractivity contribution in [3.8, 4) is 6.01 Å². The molecule has 7 nitrogen and oxygen atoms in total. The maximum Gasteiger partial charge on any atom is 0.322 e. The summed E-state index contributed by atoms with van der Waals surface area (Å²) in [4.78, 5) is 14.1. The molecule has 7 heteroatoms. The SMILES string of the molecule is COc1nc(N)nc(N(C)C2CCOC2C)n1. The van der Waals surface area contributed by atoms with Gasteiger partial charge in [-0.1, -0.05) is 0 Å². The number of hydrogen-bond donors (Lipinski definition) is 1. The summed E-state index contributed by atoms with van der Waals surface area (Å²) in [5.41, 5.74) is 5.61. The third kappa shape index (κ3) is 2.38. The molecule has 1 saturated heterocycles. The molecule has 2 unspecified atom stereocenters.